The Morgan fingerprint density at radius 3 is 2.89 bits per heavy atom. The van der Waals surface area contributed by atoms with Gasteiger partial charge < -0.3 is 4.98 Å². The Morgan fingerprint density at radius 2 is 2.00 bits per heavy atom. The molecule has 19 heavy (non-hydrogen) atoms. The van der Waals surface area contributed by atoms with Crippen molar-refractivity contribution in [3.05, 3.63) is 65.4 Å². The number of H-pyrrole nitrogens is 1. The number of aromatic amines is 1. The maximum atomic E-state index is 4.08. The van der Waals surface area contributed by atoms with Crippen LogP contribution in [0.5, 0.6) is 0 Å². The van der Waals surface area contributed by atoms with Crippen LogP contribution in [-0.4, -0.2) is 9.97 Å². The van der Waals surface area contributed by atoms with Crippen molar-refractivity contribution in [2.45, 2.75) is 6.42 Å². The van der Waals surface area contributed by atoms with Crippen molar-refractivity contribution < 1.29 is 0 Å². The second-order valence-electron chi connectivity index (χ2n) is 4.63. The van der Waals surface area contributed by atoms with Gasteiger partial charge in [0, 0.05) is 35.3 Å². The van der Waals surface area contributed by atoms with Gasteiger partial charge in [-0.1, -0.05) is 0 Å². The maximum Gasteiger partial charge on any atom is 0.0510 e. The zero-order valence-corrected chi connectivity index (χ0v) is 11.1. The number of fused-ring (bicyclic) bond motifs is 3. The fourth-order valence-corrected chi connectivity index (χ4v) is 3.61. The lowest BCUT2D eigenvalue weighted by Crippen LogP contribution is -1.91. The average Bonchev–Trinajstić information content (AvgIpc) is 3.04. The van der Waals surface area contributed by atoms with Gasteiger partial charge in [0.1, 0.15) is 0 Å². The maximum absolute atomic E-state index is 4.08. The van der Waals surface area contributed by atoms with Crippen molar-refractivity contribution in [1.29, 1.82) is 0 Å². The Morgan fingerprint density at radius 1 is 1.11 bits per heavy atom. The van der Waals surface area contributed by atoms with Crippen molar-refractivity contribution >= 4 is 21.4 Å². The molecule has 0 radical (unpaired) electrons. The van der Waals surface area contributed by atoms with Gasteiger partial charge in [0.2, 0.25) is 0 Å². The third kappa shape index (κ3) is 1.66. The first-order valence-electron chi connectivity index (χ1n) is 6.27. The highest BCUT2D eigenvalue weighted by atomic mass is 32.1. The van der Waals surface area contributed by atoms with Gasteiger partial charge >= 0.3 is 0 Å². The Kier molecular flexibility index (Phi) is 2.38. The van der Waals surface area contributed by atoms with Crippen molar-refractivity contribution in [2.24, 2.45) is 0 Å². The Hall–Kier alpha value is -2.13. The quantitative estimate of drug-likeness (QED) is 0.574. The van der Waals surface area contributed by atoms with E-state index in [2.05, 4.69) is 45.7 Å². The van der Waals surface area contributed by atoms with Gasteiger partial charge in [0.05, 0.1) is 5.69 Å². The van der Waals surface area contributed by atoms with Crippen molar-refractivity contribution in [2.75, 3.05) is 0 Å². The van der Waals surface area contributed by atoms with Gasteiger partial charge in [-0.25, -0.2) is 0 Å². The summed E-state index contributed by atoms with van der Waals surface area (Å²) in [6.07, 6.45) is 6.66. The topological polar surface area (TPSA) is 28.7 Å². The molecule has 2 aromatic rings. The zero-order chi connectivity index (χ0) is 12.7. The molecular formula is C16H12N2S. The Labute approximate surface area is 115 Å². The summed E-state index contributed by atoms with van der Waals surface area (Å²) < 4.78 is 1.39. The van der Waals surface area contributed by atoms with Gasteiger partial charge in [-0.05, 0) is 52.2 Å². The zero-order valence-electron chi connectivity index (χ0n) is 10.3. The lowest BCUT2D eigenvalue weighted by atomic mass is 10.0. The monoisotopic (exact) mass is 264 g/mol. The third-order valence-corrected chi connectivity index (χ3v) is 4.47. The summed E-state index contributed by atoms with van der Waals surface area (Å²) in [6, 6.07) is 10.7. The molecule has 0 unspecified atom stereocenters. The normalized spacial score (nSPS) is 11.4. The van der Waals surface area contributed by atoms with Crippen molar-refractivity contribution in [3.8, 4) is 11.3 Å². The van der Waals surface area contributed by atoms with Crippen LogP contribution in [0.15, 0.2) is 54.3 Å². The van der Waals surface area contributed by atoms with Gasteiger partial charge in [-0.2, -0.15) is 0 Å². The Balaban J connectivity index is 1.94. The molecule has 0 saturated heterocycles. The van der Waals surface area contributed by atoms with E-state index in [1.807, 2.05) is 29.9 Å². The molecule has 92 valence electrons. The fourth-order valence-electron chi connectivity index (χ4n) is 2.65. The van der Waals surface area contributed by atoms with E-state index in [9.17, 15) is 0 Å². The molecule has 0 fully saturated rings. The van der Waals surface area contributed by atoms with Crippen LogP contribution in [0.2, 0.25) is 0 Å². The molecule has 2 aliphatic rings. The minimum Gasteiger partial charge on any atom is -0.361 e. The molecule has 1 aliphatic carbocycles. The van der Waals surface area contributed by atoms with E-state index in [0.717, 1.165) is 6.42 Å². The van der Waals surface area contributed by atoms with Crippen molar-refractivity contribution in [1.82, 2.24) is 9.97 Å². The summed E-state index contributed by atoms with van der Waals surface area (Å²) in [7, 11) is 0. The first kappa shape index (κ1) is 10.8. The van der Waals surface area contributed by atoms with Crippen LogP contribution < -0.4 is 0 Å². The smallest absolute Gasteiger partial charge is 0.0510 e. The van der Waals surface area contributed by atoms with Gasteiger partial charge in [-0.3, -0.25) is 4.98 Å². The summed E-state index contributed by atoms with van der Waals surface area (Å²) in [6.45, 7) is 0. The van der Waals surface area contributed by atoms with Crippen LogP contribution in [0, 0.1) is 0 Å². The lowest BCUT2D eigenvalue weighted by Gasteiger charge is -2.04. The number of aromatic nitrogens is 2. The second kappa shape index (κ2) is 4.21. The summed E-state index contributed by atoms with van der Waals surface area (Å²) in [5.41, 5.74) is 5.28. The van der Waals surface area contributed by atoms with E-state index in [1.165, 1.54) is 32.5 Å². The second-order valence-corrected chi connectivity index (χ2v) is 5.55. The molecule has 2 aromatic heterocycles. The van der Waals surface area contributed by atoms with Crippen LogP contribution in [0.25, 0.3) is 21.3 Å². The molecule has 0 saturated carbocycles. The number of nitrogens with one attached hydrogen (secondary N) is 1. The van der Waals surface area contributed by atoms with Gasteiger partial charge in [-0.15, -0.1) is 11.3 Å². The highest BCUT2D eigenvalue weighted by molar-refractivity contribution is 7.18. The molecule has 0 aromatic carbocycles. The van der Waals surface area contributed by atoms with E-state index in [4.69, 9.17) is 0 Å². The molecule has 1 N–H and O–H groups in total. The third-order valence-electron chi connectivity index (χ3n) is 3.52. The predicted octanol–water partition coefficient (Wildman–Crippen LogP) is 4.32. The predicted molar refractivity (Wildman–Crippen MR) is 79.8 cm³/mol. The van der Waals surface area contributed by atoms with Gasteiger partial charge in [0.25, 0.3) is 0 Å². The molecule has 1 aliphatic heterocycles. The van der Waals surface area contributed by atoms with E-state index >= 15 is 0 Å². The molecule has 3 heterocycles. The number of hydrogen-bond donors (Lipinski definition) is 1. The highest BCUT2D eigenvalue weighted by Gasteiger charge is 2.18. The molecule has 2 nitrogen and oxygen atoms in total. The molecule has 4 rings (SSSR count). The number of thiophene rings is 1. The van der Waals surface area contributed by atoms with Crippen LogP contribution in [-0.2, 0) is 6.42 Å². The summed E-state index contributed by atoms with van der Waals surface area (Å²) in [4.78, 5) is 7.49. The first-order valence-corrected chi connectivity index (χ1v) is 7.15. The average molecular weight is 264 g/mol. The van der Waals surface area contributed by atoms with E-state index in [0.29, 0.717) is 0 Å². The molecule has 0 amide bonds. The molecule has 0 spiro atoms. The van der Waals surface area contributed by atoms with Gasteiger partial charge in [0.15, 0.2) is 0 Å². The molecule has 0 bridgehead atoms. The first-order chi connectivity index (χ1) is 9.43. The lowest BCUT2D eigenvalue weighted by molar-refractivity contribution is 1.16. The largest absolute Gasteiger partial charge is 0.361 e. The fraction of sp³-hybridized carbons (Fsp3) is 0.0625. The van der Waals surface area contributed by atoms with Crippen LogP contribution >= 0.6 is 11.3 Å². The number of rotatable bonds is 2. The minimum absolute atomic E-state index is 0.944. The Bertz CT molecular complexity index is 798. The summed E-state index contributed by atoms with van der Waals surface area (Å²) in [5, 5.41) is 3.55. The minimum atomic E-state index is 0.944. The molecular weight excluding hydrogens is 252 g/mol. The number of pyridine rings is 2. The summed E-state index contributed by atoms with van der Waals surface area (Å²) in [5.74, 6) is 0. The van der Waals surface area contributed by atoms with Crippen LogP contribution in [0.1, 0.15) is 11.1 Å². The number of nitrogens with zero attached hydrogens (tertiary/aromatic N) is 1. The van der Waals surface area contributed by atoms with E-state index < -0.39 is 0 Å². The molecule has 3 heteroatoms. The van der Waals surface area contributed by atoms with Crippen molar-refractivity contribution in [3.63, 3.8) is 0 Å². The summed E-state index contributed by atoms with van der Waals surface area (Å²) >= 11 is 1.82. The number of hydrogen-bond acceptors (Lipinski definition) is 2. The SMILES string of the molecule is c1c[nH]c2c(Cc3ccncc3)c3ccsc3c-2c1. The highest BCUT2D eigenvalue weighted by Crippen LogP contribution is 2.41. The van der Waals surface area contributed by atoms with Crippen LogP contribution in [0.3, 0.4) is 0 Å². The molecule has 0 atom stereocenters. The van der Waals surface area contributed by atoms with E-state index in [-0.39, 0.29) is 0 Å². The van der Waals surface area contributed by atoms with Crippen LogP contribution in [0.4, 0.5) is 0 Å². The van der Waals surface area contributed by atoms with E-state index in [1.54, 1.807) is 0 Å². The standard InChI is InChI=1S/C16H12N2S/c1-2-13-15(18-6-1)14(12-5-9-19-16(12)13)10-11-3-7-17-8-4-11/h1-9,18H,10H2.